The molecule has 4 heteroatoms. The molecule has 1 heterocycles. The summed E-state index contributed by atoms with van der Waals surface area (Å²) < 4.78 is 0. The zero-order valence-electron chi connectivity index (χ0n) is 10.1. The number of hydrogen-bond donors (Lipinski definition) is 2. The maximum Gasteiger partial charge on any atom is 0.335 e. The van der Waals surface area contributed by atoms with Crippen molar-refractivity contribution in [3.63, 3.8) is 0 Å². The summed E-state index contributed by atoms with van der Waals surface area (Å²) in [5.74, 6) is -0.911. The van der Waals surface area contributed by atoms with Gasteiger partial charge in [0.05, 0.1) is 5.56 Å². The summed E-state index contributed by atoms with van der Waals surface area (Å²) in [6.45, 7) is 2.71. The molecule has 0 atom stereocenters. The van der Waals surface area contributed by atoms with Crippen LogP contribution in [0.4, 0.5) is 5.69 Å². The Bertz CT molecular complexity index is 550. The molecular weight excluding hydrogens is 228 g/mol. The third-order valence-electron chi connectivity index (χ3n) is 2.75. The van der Waals surface area contributed by atoms with Crippen molar-refractivity contribution in [2.75, 3.05) is 5.32 Å². The minimum atomic E-state index is -0.911. The summed E-state index contributed by atoms with van der Waals surface area (Å²) in [6, 6.07) is 8.67. The maximum atomic E-state index is 10.7. The SMILES string of the molecule is Cc1cnccc1CNc1ccc(C(=O)O)cc1. The normalized spacial score (nSPS) is 10.1. The third kappa shape index (κ3) is 2.85. The number of nitrogens with zero attached hydrogens (tertiary/aromatic N) is 1. The maximum absolute atomic E-state index is 10.7. The standard InChI is InChI=1S/C14H14N2O2/c1-10-8-15-7-6-12(10)9-16-13-4-2-11(3-5-13)14(17)18/h2-8,16H,9H2,1H3,(H,17,18). The van der Waals surface area contributed by atoms with E-state index in [1.54, 1.807) is 30.5 Å². The van der Waals surface area contributed by atoms with Crippen molar-refractivity contribution < 1.29 is 9.90 Å². The molecule has 92 valence electrons. The van der Waals surface area contributed by atoms with Gasteiger partial charge in [0.1, 0.15) is 0 Å². The highest BCUT2D eigenvalue weighted by Crippen LogP contribution is 2.12. The minimum absolute atomic E-state index is 0.292. The van der Waals surface area contributed by atoms with E-state index in [-0.39, 0.29) is 0 Å². The summed E-state index contributed by atoms with van der Waals surface area (Å²) in [7, 11) is 0. The predicted molar refractivity (Wildman–Crippen MR) is 69.7 cm³/mol. The lowest BCUT2D eigenvalue weighted by Crippen LogP contribution is -2.02. The number of aromatic carboxylic acids is 1. The second-order valence-electron chi connectivity index (χ2n) is 4.04. The molecule has 0 aliphatic carbocycles. The number of carboxylic acid groups (broad SMARTS) is 1. The van der Waals surface area contributed by atoms with Gasteiger partial charge in [0.25, 0.3) is 0 Å². The van der Waals surface area contributed by atoms with Gasteiger partial charge >= 0.3 is 5.97 Å². The van der Waals surface area contributed by atoms with Crippen LogP contribution in [-0.4, -0.2) is 16.1 Å². The molecule has 18 heavy (non-hydrogen) atoms. The molecule has 0 amide bonds. The van der Waals surface area contributed by atoms with E-state index >= 15 is 0 Å². The van der Waals surface area contributed by atoms with Crippen LogP contribution in [0.5, 0.6) is 0 Å². The Morgan fingerprint density at radius 2 is 2.00 bits per heavy atom. The number of aryl methyl sites for hydroxylation is 1. The first-order valence-electron chi connectivity index (χ1n) is 5.63. The van der Waals surface area contributed by atoms with Crippen LogP contribution in [0, 0.1) is 6.92 Å². The van der Waals surface area contributed by atoms with E-state index in [0.717, 1.165) is 11.3 Å². The molecule has 0 bridgehead atoms. The summed E-state index contributed by atoms with van der Waals surface area (Å²) in [5, 5.41) is 12.0. The van der Waals surface area contributed by atoms with Gasteiger partial charge in [-0.1, -0.05) is 0 Å². The highest BCUT2D eigenvalue weighted by atomic mass is 16.4. The average molecular weight is 242 g/mol. The number of anilines is 1. The van der Waals surface area contributed by atoms with Crippen molar-refractivity contribution in [1.29, 1.82) is 0 Å². The smallest absolute Gasteiger partial charge is 0.335 e. The van der Waals surface area contributed by atoms with E-state index in [1.807, 2.05) is 19.2 Å². The van der Waals surface area contributed by atoms with E-state index in [0.29, 0.717) is 12.1 Å². The Hall–Kier alpha value is -2.36. The first-order valence-corrected chi connectivity index (χ1v) is 5.63. The van der Waals surface area contributed by atoms with E-state index in [9.17, 15) is 4.79 Å². The van der Waals surface area contributed by atoms with Crippen LogP contribution < -0.4 is 5.32 Å². The molecule has 0 saturated heterocycles. The van der Waals surface area contributed by atoms with Gasteiger partial charge in [-0.25, -0.2) is 4.79 Å². The van der Waals surface area contributed by atoms with Crippen LogP contribution in [0.2, 0.25) is 0 Å². The fourth-order valence-corrected chi connectivity index (χ4v) is 1.63. The molecule has 4 nitrogen and oxygen atoms in total. The highest BCUT2D eigenvalue weighted by molar-refractivity contribution is 5.87. The Labute approximate surface area is 105 Å². The summed E-state index contributed by atoms with van der Waals surface area (Å²) >= 11 is 0. The van der Waals surface area contributed by atoms with Gasteiger partial charge < -0.3 is 10.4 Å². The highest BCUT2D eigenvalue weighted by Gasteiger charge is 2.02. The van der Waals surface area contributed by atoms with Gasteiger partial charge in [0, 0.05) is 24.6 Å². The lowest BCUT2D eigenvalue weighted by Gasteiger charge is -2.08. The summed E-state index contributed by atoms with van der Waals surface area (Å²) in [4.78, 5) is 14.7. The number of pyridine rings is 1. The molecule has 0 saturated carbocycles. The van der Waals surface area contributed by atoms with Crippen LogP contribution in [-0.2, 0) is 6.54 Å². The average Bonchev–Trinajstić information content (AvgIpc) is 2.38. The molecular formula is C14H14N2O2. The second kappa shape index (κ2) is 5.31. The molecule has 1 aromatic carbocycles. The third-order valence-corrected chi connectivity index (χ3v) is 2.75. The number of nitrogens with one attached hydrogen (secondary N) is 1. The number of aromatic nitrogens is 1. The van der Waals surface area contributed by atoms with Crippen molar-refractivity contribution >= 4 is 11.7 Å². The van der Waals surface area contributed by atoms with E-state index in [1.165, 1.54) is 5.56 Å². The molecule has 0 aliphatic heterocycles. The number of rotatable bonds is 4. The quantitative estimate of drug-likeness (QED) is 0.865. The van der Waals surface area contributed by atoms with Crippen molar-refractivity contribution in [3.05, 3.63) is 59.4 Å². The Morgan fingerprint density at radius 1 is 1.28 bits per heavy atom. The predicted octanol–water partition coefficient (Wildman–Crippen LogP) is 2.70. The zero-order valence-corrected chi connectivity index (χ0v) is 10.1. The van der Waals surface area contributed by atoms with Crippen LogP contribution in [0.15, 0.2) is 42.7 Å². The molecule has 0 unspecified atom stereocenters. The van der Waals surface area contributed by atoms with E-state index in [2.05, 4.69) is 10.3 Å². The van der Waals surface area contributed by atoms with Crippen LogP contribution in [0.3, 0.4) is 0 Å². The topological polar surface area (TPSA) is 62.2 Å². The fraction of sp³-hybridized carbons (Fsp3) is 0.143. The lowest BCUT2D eigenvalue weighted by molar-refractivity contribution is 0.0697. The van der Waals surface area contributed by atoms with Crippen LogP contribution in [0.25, 0.3) is 0 Å². The number of hydrogen-bond acceptors (Lipinski definition) is 3. The van der Waals surface area contributed by atoms with Crippen molar-refractivity contribution in [3.8, 4) is 0 Å². The van der Waals surface area contributed by atoms with Gasteiger partial charge in [-0.05, 0) is 48.4 Å². The van der Waals surface area contributed by atoms with Gasteiger partial charge in [0.2, 0.25) is 0 Å². The monoisotopic (exact) mass is 242 g/mol. The fourth-order valence-electron chi connectivity index (χ4n) is 1.63. The summed E-state index contributed by atoms with van der Waals surface area (Å²) in [5.41, 5.74) is 3.50. The molecule has 0 spiro atoms. The largest absolute Gasteiger partial charge is 0.478 e. The van der Waals surface area contributed by atoms with Crippen molar-refractivity contribution in [1.82, 2.24) is 4.98 Å². The van der Waals surface area contributed by atoms with E-state index in [4.69, 9.17) is 5.11 Å². The molecule has 2 aromatic rings. The molecule has 2 rings (SSSR count). The first kappa shape index (κ1) is 12.1. The Balaban J connectivity index is 2.02. The Morgan fingerprint density at radius 3 is 2.61 bits per heavy atom. The minimum Gasteiger partial charge on any atom is -0.478 e. The van der Waals surface area contributed by atoms with Crippen molar-refractivity contribution in [2.45, 2.75) is 13.5 Å². The number of carbonyl (C=O) groups is 1. The second-order valence-corrected chi connectivity index (χ2v) is 4.04. The van der Waals surface area contributed by atoms with Crippen LogP contribution >= 0.6 is 0 Å². The molecule has 2 N–H and O–H groups in total. The van der Waals surface area contributed by atoms with Gasteiger partial charge in [-0.15, -0.1) is 0 Å². The molecule has 1 aromatic heterocycles. The van der Waals surface area contributed by atoms with Gasteiger partial charge in [-0.3, -0.25) is 4.98 Å². The van der Waals surface area contributed by atoms with Crippen molar-refractivity contribution in [2.24, 2.45) is 0 Å². The van der Waals surface area contributed by atoms with Gasteiger partial charge in [-0.2, -0.15) is 0 Å². The van der Waals surface area contributed by atoms with Crippen LogP contribution in [0.1, 0.15) is 21.5 Å². The zero-order chi connectivity index (χ0) is 13.0. The van der Waals surface area contributed by atoms with E-state index < -0.39 is 5.97 Å². The number of carboxylic acids is 1. The molecule has 0 fully saturated rings. The Kier molecular flexibility index (Phi) is 3.57. The molecule has 0 radical (unpaired) electrons. The molecule has 0 aliphatic rings. The summed E-state index contributed by atoms with van der Waals surface area (Å²) in [6.07, 6.45) is 3.59. The first-order chi connectivity index (χ1) is 8.66. The van der Waals surface area contributed by atoms with Gasteiger partial charge in [0.15, 0.2) is 0 Å². The lowest BCUT2D eigenvalue weighted by atomic mass is 10.1. The number of benzene rings is 1.